The fourth-order valence-electron chi connectivity index (χ4n) is 5.63. The number of hydrogen-bond donors (Lipinski definition) is 0. The van der Waals surface area contributed by atoms with E-state index in [0.717, 1.165) is 38.6 Å². The summed E-state index contributed by atoms with van der Waals surface area (Å²) in [6, 6.07) is 35.9. The smallest absolute Gasteiger partial charge is 0.268 e. The summed E-state index contributed by atoms with van der Waals surface area (Å²) in [5.74, 6) is -0.603. The number of hydrogen-bond acceptors (Lipinski definition) is 2. The van der Waals surface area contributed by atoms with Crippen molar-refractivity contribution < 1.29 is 9.59 Å². The van der Waals surface area contributed by atoms with Crippen LogP contribution in [0, 0.1) is 13.8 Å². The third-order valence-corrected chi connectivity index (χ3v) is 7.44. The highest BCUT2D eigenvalue weighted by Gasteiger charge is 2.39. The Kier molecular flexibility index (Phi) is 6.31. The van der Waals surface area contributed by atoms with Gasteiger partial charge in [0.05, 0.1) is 33.5 Å². The molecule has 6 aromatic rings. The van der Waals surface area contributed by atoms with Gasteiger partial charge >= 0.3 is 0 Å². The van der Waals surface area contributed by atoms with Gasteiger partial charge in [-0.1, -0.05) is 85.6 Å². The number of benzene rings is 5. The normalized spacial score (nSPS) is 12.6. The second kappa shape index (κ2) is 9.97. The van der Waals surface area contributed by atoms with Crippen LogP contribution in [-0.4, -0.2) is 16.4 Å². The summed E-state index contributed by atoms with van der Waals surface area (Å²) in [4.78, 5) is 28.8. The zero-order valence-electron chi connectivity index (χ0n) is 23.1. The van der Waals surface area contributed by atoms with Crippen LogP contribution in [0.3, 0.4) is 0 Å². The maximum atomic E-state index is 14.0. The highest BCUT2D eigenvalue weighted by atomic mass is 16.2. The first-order chi connectivity index (χ1) is 19.5. The molecule has 0 bridgehead atoms. The van der Waals surface area contributed by atoms with Crippen LogP contribution in [-0.2, 0) is 0 Å². The van der Waals surface area contributed by atoms with Crippen LogP contribution < -0.4 is 4.90 Å². The fourth-order valence-corrected chi connectivity index (χ4v) is 5.63. The van der Waals surface area contributed by atoms with E-state index in [0.29, 0.717) is 16.8 Å². The molecule has 7 rings (SSSR count). The van der Waals surface area contributed by atoms with E-state index in [1.807, 2.05) is 80.6 Å². The lowest BCUT2D eigenvalue weighted by Crippen LogP contribution is -2.29. The van der Waals surface area contributed by atoms with Crippen molar-refractivity contribution >= 4 is 39.3 Å². The molecule has 4 heteroatoms. The number of amides is 2. The van der Waals surface area contributed by atoms with Gasteiger partial charge in [-0.2, -0.15) is 0 Å². The molecule has 0 unspecified atom stereocenters. The van der Waals surface area contributed by atoms with Crippen LogP contribution in [0.5, 0.6) is 0 Å². The van der Waals surface area contributed by atoms with Gasteiger partial charge in [0, 0.05) is 10.8 Å². The molecular formula is C36H30N2O2. The van der Waals surface area contributed by atoms with Crippen LogP contribution in [0.25, 0.3) is 38.6 Å². The van der Waals surface area contributed by atoms with Crippen LogP contribution in [0.2, 0.25) is 0 Å². The third kappa shape index (κ3) is 3.92. The summed E-state index contributed by atoms with van der Waals surface area (Å²) in [5.41, 5.74) is 8.63. The van der Waals surface area contributed by atoms with Gasteiger partial charge in [-0.25, -0.2) is 4.90 Å². The van der Waals surface area contributed by atoms with Gasteiger partial charge in [-0.15, -0.1) is 0 Å². The molecule has 0 N–H and O–H groups in total. The molecule has 4 nitrogen and oxygen atoms in total. The van der Waals surface area contributed by atoms with Crippen molar-refractivity contribution in [3.63, 3.8) is 0 Å². The summed E-state index contributed by atoms with van der Waals surface area (Å²) < 4.78 is 2.12. The molecule has 0 saturated heterocycles. The van der Waals surface area contributed by atoms with Gasteiger partial charge in [0.2, 0.25) is 0 Å². The van der Waals surface area contributed by atoms with Crippen molar-refractivity contribution in [1.29, 1.82) is 0 Å². The Morgan fingerprint density at radius 1 is 0.550 bits per heavy atom. The van der Waals surface area contributed by atoms with Crippen molar-refractivity contribution in [3.05, 3.63) is 131 Å². The van der Waals surface area contributed by atoms with Crippen LogP contribution in [0.1, 0.15) is 45.7 Å². The van der Waals surface area contributed by atoms with Crippen molar-refractivity contribution in [3.8, 4) is 16.8 Å². The van der Waals surface area contributed by atoms with Crippen molar-refractivity contribution in [1.82, 2.24) is 4.57 Å². The minimum Gasteiger partial charge on any atom is -0.308 e. The van der Waals surface area contributed by atoms with Gasteiger partial charge in [-0.3, -0.25) is 9.59 Å². The predicted molar refractivity (Wildman–Crippen MR) is 165 cm³/mol. The molecule has 0 saturated carbocycles. The Hall–Kier alpha value is -4.96. The van der Waals surface area contributed by atoms with E-state index in [1.54, 1.807) is 6.07 Å². The molecule has 40 heavy (non-hydrogen) atoms. The van der Waals surface area contributed by atoms with Crippen molar-refractivity contribution in [2.45, 2.75) is 27.7 Å². The van der Waals surface area contributed by atoms with E-state index in [-0.39, 0.29) is 11.8 Å². The summed E-state index contributed by atoms with van der Waals surface area (Å²) in [7, 11) is 0. The van der Waals surface area contributed by atoms with Crippen molar-refractivity contribution in [2.24, 2.45) is 0 Å². The monoisotopic (exact) mass is 522 g/mol. The quantitative estimate of drug-likeness (QED) is 0.218. The van der Waals surface area contributed by atoms with Gasteiger partial charge in [0.15, 0.2) is 0 Å². The van der Waals surface area contributed by atoms with E-state index in [1.165, 1.54) is 16.0 Å². The summed E-state index contributed by atoms with van der Waals surface area (Å²) >= 11 is 0. The maximum absolute atomic E-state index is 14.0. The SMILES string of the molecule is CC.Cc1ccc2c(c1)c1cc(C)ccc1n2-c1cccc2c1C(=O)N(c1ccc(-c3ccccc3)cc1)C2=O. The predicted octanol–water partition coefficient (Wildman–Crippen LogP) is 8.89. The number of aryl methyl sites for hydroxylation is 2. The van der Waals surface area contributed by atoms with E-state index in [9.17, 15) is 9.59 Å². The van der Waals surface area contributed by atoms with E-state index >= 15 is 0 Å². The number of carbonyl (C=O) groups is 2. The van der Waals surface area contributed by atoms with Gasteiger partial charge in [0.25, 0.3) is 11.8 Å². The minimum atomic E-state index is -0.303. The number of anilines is 1. The van der Waals surface area contributed by atoms with Crippen LogP contribution in [0.15, 0.2) is 109 Å². The van der Waals surface area contributed by atoms with Gasteiger partial charge < -0.3 is 4.57 Å². The Morgan fingerprint density at radius 2 is 1.12 bits per heavy atom. The lowest BCUT2D eigenvalue weighted by Gasteiger charge is -2.15. The minimum absolute atomic E-state index is 0.299. The van der Waals surface area contributed by atoms with E-state index in [2.05, 4.69) is 54.8 Å². The largest absolute Gasteiger partial charge is 0.308 e. The molecule has 1 aliphatic rings. The zero-order valence-corrected chi connectivity index (χ0v) is 23.1. The Balaban J connectivity index is 0.00000142. The second-order valence-corrected chi connectivity index (χ2v) is 9.93. The number of fused-ring (bicyclic) bond motifs is 4. The summed E-state index contributed by atoms with van der Waals surface area (Å²) in [6.07, 6.45) is 0. The van der Waals surface area contributed by atoms with Crippen LogP contribution in [0.4, 0.5) is 5.69 Å². The molecule has 0 spiro atoms. The van der Waals surface area contributed by atoms with E-state index < -0.39 is 0 Å². The molecule has 1 aliphatic heterocycles. The fraction of sp³-hybridized carbons (Fsp3) is 0.111. The summed E-state index contributed by atoms with van der Waals surface area (Å²) in [5, 5.41) is 2.26. The summed E-state index contributed by atoms with van der Waals surface area (Å²) in [6.45, 7) is 8.17. The van der Waals surface area contributed by atoms with Gasteiger partial charge in [0.1, 0.15) is 0 Å². The number of nitrogens with zero attached hydrogens (tertiary/aromatic N) is 2. The molecule has 1 aromatic heterocycles. The lowest BCUT2D eigenvalue weighted by atomic mass is 10.1. The molecule has 0 fully saturated rings. The topological polar surface area (TPSA) is 42.3 Å². The first-order valence-electron chi connectivity index (χ1n) is 13.7. The molecule has 2 heterocycles. The van der Waals surface area contributed by atoms with E-state index in [4.69, 9.17) is 0 Å². The van der Waals surface area contributed by atoms with Crippen molar-refractivity contribution in [2.75, 3.05) is 4.90 Å². The average molecular weight is 523 g/mol. The zero-order chi connectivity index (χ0) is 28.0. The standard InChI is InChI=1S/C34H24N2O2.C2H6/c1-21-11-17-29-27(19-21)28-20-22(2)12-18-30(28)36(29)31-10-6-9-26-32(31)34(38)35(33(26)37)25-15-13-24(14-16-25)23-7-4-3-5-8-23;1-2/h3-20H,1-2H3;1-2H3. The Morgan fingerprint density at radius 3 is 1.73 bits per heavy atom. The molecule has 0 radical (unpaired) electrons. The number of imide groups is 1. The number of carbonyl (C=O) groups excluding carboxylic acids is 2. The first kappa shape index (κ1) is 25.3. The number of aromatic nitrogens is 1. The van der Waals surface area contributed by atoms with Crippen LogP contribution >= 0.6 is 0 Å². The lowest BCUT2D eigenvalue weighted by molar-refractivity contribution is 0.0926. The Bertz CT molecular complexity index is 1860. The Labute approximate surface area is 234 Å². The average Bonchev–Trinajstić information content (AvgIpc) is 3.44. The highest BCUT2D eigenvalue weighted by Crippen LogP contribution is 2.38. The highest BCUT2D eigenvalue weighted by molar-refractivity contribution is 6.35. The maximum Gasteiger partial charge on any atom is 0.268 e. The number of rotatable bonds is 3. The molecule has 196 valence electrons. The van der Waals surface area contributed by atoms with Gasteiger partial charge in [-0.05, 0) is 73.5 Å². The third-order valence-electron chi connectivity index (χ3n) is 7.44. The molecule has 0 atom stereocenters. The second-order valence-electron chi connectivity index (χ2n) is 9.93. The molecule has 2 amide bonds. The first-order valence-corrected chi connectivity index (χ1v) is 13.7. The molecule has 0 aliphatic carbocycles. The molecule has 5 aromatic carbocycles. The molecular weight excluding hydrogens is 492 g/mol.